The SMILES string of the molecule is CCOC(=O)c1c(-c2ccccc2)nsc1-c1ccccc1. The quantitative estimate of drug-likeness (QED) is 0.658. The van der Waals surface area contributed by atoms with Crippen molar-refractivity contribution < 1.29 is 9.53 Å². The summed E-state index contributed by atoms with van der Waals surface area (Å²) in [5.41, 5.74) is 3.13. The molecule has 4 heteroatoms. The van der Waals surface area contributed by atoms with E-state index in [2.05, 4.69) is 4.37 Å². The molecule has 0 aliphatic rings. The van der Waals surface area contributed by atoms with Crippen LogP contribution in [0.15, 0.2) is 60.7 Å². The van der Waals surface area contributed by atoms with Gasteiger partial charge in [-0.25, -0.2) is 4.79 Å². The molecule has 3 aromatic rings. The van der Waals surface area contributed by atoms with Crippen molar-refractivity contribution in [1.29, 1.82) is 0 Å². The van der Waals surface area contributed by atoms with E-state index in [9.17, 15) is 4.79 Å². The van der Waals surface area contributed by atoms with E-state index < -0.39 is 0 Å². The third-order valence-electron chi connectivity index (χ3n) is 3.25. The number of benzene rings is 2. The highest BCUT2D eigenvalue weighted by atomic mass is 32.1. The van der Waals surface area contributed by atoms with Crippen molar-refractivity contribution in [3.05, 3.63) is 66.2 Å². The summed E-state index contributed by atoms with van der Waals surface area (Å²) in [5.74, 6) is -0.325. The molecular formula is C18H15NO2S. The Kier molecular flexibility index (Phi) is 4.30. The van der Waals surface area contributed by atoms with Gasteiger partial charge < -0.3 is 4.74 Å². The zero-order valence-corrected chi connectivity index (χ0v) is 13.0. The van der Waals surface area contributed by atoms with Crippen molar-refractivity contribution in [3.8, 4) is 21.7 Å². The van der Waals surface area contributed by atoms with Gasteiger partial charge in [0.25, 0.3) is 0 Å². The Bertz CT molecular complexity index is 709. The van der Waals surface area contributed by atoms with E-state index >= 15 is 0 Å². The van der Waals surface area contributed by atoms with Crippen molar-refractivity contribution in [3.63, 3.8) is 0 Å². The number of carbonyl (C=O) groups is 1. The molecule has 0 saturated heterocycles. The van der Waals surface area contributed by atoms with Crippen molar-refractivity contribution in [2.75, 3.05) is 6.61 Å². The summed E-state index contributed by atoms with van der Waals surface area (Å²) in [6.07, 6.45) is 0. The van der Waals surface area contributed by atoms with Crippen LogP contribution < -0.4 is 0 Å². The average Bonchev–Trinajstić information content (AvgIpc) is 3.02. The summed E-state index contributed by atoms with van der Waals surface area (Å²) in [7, 11) is 0. The fraction of sp³-hybridized carbons (Fsp3) is 0.111. The molecule has 3 rings (SSSR count). The van der Waals surface area contributed by atoms with Crippen LogP contribution in [0, 0.1) is 0 Å². The Morgan fingerprint density at radius 3 is 2.18 bits per heavy atom. The van der Waals surface area contributed by atoms with Gasteiger partial charge in [0, 0.05) is 5.56 Å². The van der Waals surface area contributed by atoms with Crippen LogP contribution in [-0.2, 0) is 4.74 Å². The van der Waals surface area contributed by atoms with Crippen molar-refractivity contribution in [2.24, 2.45) is 0 Å². The Hall–Kier alpha value is -2.46. The molecule has 0 fully saturated rings. The Morgan fingerprint density at radius 2 is 1.59 bits per heavy atom. The molecule has 0 amide bonds. The lowest BCUT2D eigenvalue weighted by Crippen LogP contribution is -2.06. The van der Waals surface area contributed by atoms with Crippen molar-refractivity contribution in [2.45, 2.75) is 6.92 Å². The maximum Gasteiger partial charge on any atom is 0.341 e. The topological polar surface area (TPSA) is 39.2 Å². The first-order valence-corrected chi connectivity index (χ1v) is 7.86. The predicted molar refractivity (Wildman–Crippen MR) is 88.9 cm³/mol. The van der Waals surface area contributed by atoms with Gasteiger partial charge in [-0.2, -0.15) is 4.37 Å². The molecule has 1 aromatic heterocycles. The smallest absolute Gasteiger partial charge is 0.341 e. The minimum Gasteiger partial charge on any atom is -0.462 e. The highest BCUT2D eigenvalue weighted by Crippen LogP contribution is 2.36. The van der Waals surface area contributed by atoms with Gasteiger partial charge in [-0.05, 0) is 24.0 Å². The highest BCUT2D eigenvalue weighted by Gasteiger charge is 2.23. The second-order valence-corrected chi connectivity index (χ2v) is 5.46. The molecule has 22 heavy (non-hydrogen) atoms. The summed E-state index contributed by atoms with van der Waals surface area (Å²) >= 11 is 1.33. The second-order valence-electron chi connectivity index (χ2n) is 4.69. The van der Waals surface area contributed by atoms with Crippen LogP contribution in [0.5, 0.6) is 0 Å². The number of hydrogen-bond donors (Lipinski definition) is 0. The van der Waals surface area contributed by atoms with Gasteiger partial charge in [0.15, 0.2) is 0 Å². The molecule has 110 valence electrons. The van der Waals surface area contributed by atoms with Gasteiger partial charge in [-0.1, -0.05) is 60.7 Å². The lowest BCUT2D eigenvalue weighted by Gasteiger charge is -2.06. The van der Waals surface area contributed by atoms with Crippen LogP contribution in [0.1, 0.15) is 17.3 Å². The minimum absolute atomic E-state index is 0.325. The second kappa shape index (κ2) is 6.54. The third-order valence-corrected chi connectivity index (χ3v) is 4.15. The van der Waals surface area contributed by atoms with Crippen molar-refractivity contribution >= 4 is 17.5 Å². The maximum absolute atomic E-state index is 12.4. The van der Waals surface area contributed by atoms with Crippen LogP contribution in [-0.4, -0.2) is 16.9 Å². The number of nitrogens with zero attached hydrogens (tertiary/aromatic N) is 1. The fourth-order valence-electron chi connectivity index (χ4n) is 2.26. The minimum atomic E-state index is -0.325. The molecule has 0 aliphatic carbocycles. The number of rotatable bonds is 4. The van der Waals surface area contributed by atoms with Gasteiger partial charge in [-0.3, -0.25) is 0 Å². The largest absolute Gasteiger partial charge is 0.462 e. The first kappa shape index (κ1) is 14.5. The summed E-state index contributed by atoms with van der Waals surface area (Å²) in [6, 6.07) is 19.5. The van der Waals surface area contributed by atoms with Crippen molar-refractivity contribution in [1.82, 2.24) is 4.37 Å². The zero-order valence-electron chi connectivity index (χ0n) is 12.2. The number of aromatic nitrogens is 1. The molecular weight excluding hydrogens is 294 g/mol. The summed E-state index contributed by atoms with van der Waals surface area (Å²) in [5, 5.41) is 0. The third kappa shape index (κ3) is 2.78. The molecule has 0 aliphatic heterocycles. The van der Waals surface area contributed by atoms with E-state index in [1.165, 1.54) is 11.5 Å². The van der Waals surface area contributed by atoms with E-state index in [4.69, 9.17) is 4.74 Å². The monoisotopic (exact) mass is 309 g/mol. The molecule has 0 spiro atoms. The number of hydrogen-bond acceptors (Lipinski definition) is 4. The molecule has 0 saturated carbocycles. The molecule has 0 bridgehead atoms. The molecule has 0 N–H and O–H groups in total. The van der Waals surface area contributed by atoms with Gasteiger partial charge >= 0.3 is 5.97 Å². The highest BCUT2D eigenvalue weighted by molar-refractivity contribution is 7.10. The standard InChI is InChI=1S/C18H15NO2S/c1-2-21-18(20)15-16(13-9-5-3-6-10-13)19-22-17(15)14-11-7-4-8-12-14/h3-12H,2H2,1H3. The lowest BCUT2D eigenvalue weighted by molar-refractivity contribution is 0.0528. The average molecular weight is 309 g/mol. The summed E-state index contributed by atoms with van der Waals surface area (Å²) < 4.78 is 9.75. The van der Waals surface area contributed by atoms with E-state index in [1.54, 1.807) is 0 Å². The van der Waals surface area contributed by atoms with E-state index in [0.29, 0.717) is 17.9 Å². The zero-order chi connectivity index (χ0) is 15.4. The Balaban J connectivity index is 2.16. The molecule has 0 radical (unpaired) electrons. The normalized spacial score (nSPS) is 10.4. The van der Waals surface area contributed by atoms with Crippen LogP contribution in [0.2, 0.25) is 0 Å². The van der Waals surface area contributed by atoms with Crippen LogP contribution in [0.3, 0.4) is 0 Å². The van der Waals surface area contributed by atoms with Crippen LogP contribution in [0.25, 0.3) is 21.7 Å². The fourth-order valence-corrected chi connectivity index (χ4v) is 3.15. The summed E-state index contributed by atoms with van der Waals surface area (Å²) in [6.45, 7) is 2.15. The van der Waals surface area contributed by atoms with Crippen LogP contribution in [0.4, 0.5) is 0 Å². The predicted octanol–water partition coefficient (Wildman–Crippen LogP) is 4.65. The van der Waals surface area contributed by atoms with Gasteiger partial charge in [-0.15, -0.1) is 0 Å². The van der Waals surface area contributed by atoms with Gasteiger partial charge in [0.05, 0.1) is 17.2 Å². The number of esters is 1. The molecule has 1 heterocycles. The number of ether oxygens (including phenoxy) is 1. The molecule has 3 nitrogen and oxygen atoms in total. The van der Waals surface area contributed by atoms with E-state index in [-0.39, 0.29) is 5.97 Å². The lowest BCUT2D eigenvalue weighted by atomic mass is 10.0. The first-order valence-electron chi connectivity index (χ1n) is 7.09. The molecule has 2 aromatic carbocycles. The van der Waals surface area contributed by atoms with E-state index in [1.807, 2.05) is 67.6 Å². The summed E-state index contributed by atoms with van der Waals surface area (Å²) in [4.78, 5) is 13.3. The Labute approximate surface area is 133 Å². The first-order chi connectivity index (χ1) is 10.8. The maximum atomic E-state index is 12.4. The molecule has 0 atom stereocenters. The van der Waals surface area contributed by atoms with E-state index in [0.717, 1.165) is 16.0 Å². The van der Waals surface area contributed by atoms with Gasteiger partial charge in [0.1, 0.15) is 5.56 Å². The Morgan fingerprint density at radius 1 is 1.00 bits per heavy atom. The van der Waals surface area contributed by atoms with Crippen LogP contribution >= 0.6 is 11.5 Å². The number of carbonyl (C=O) groups excluding carboxylic acids is 1. The van der Waals surface area contributed by atoms with Gasteiger partial charge in [0.2, 0.25) is 0 Å². The molecule has 0 unspecified atom stereocenters.